The first-order valence-electron chi connectivity index (χ1n) is 7.65. The number of hydrogen-bond donors (Lipinski definition) is 2. The Hall–Kier alpha value is -1.10. The molecule has 2 N–H and O–H groups in total. The number of nitrogens with one attached hydrogen (secondary N) is 1. The van der Waals surface area contributed by atoms with Crippen molar-refractivity contribution in [2.45, 2.75) is 33.8 Å². The van der Waals surface area contributed by atoms with Crippen LogP contribution in [-0.2, 0) is 4.74 Å². The van der Waals surface area contributed by atoms with E-state index in [1.807, 2.05) is 19.1 Å². The zero-order valence-electron chi connectivity index (χ0n) is 13.7. The second-order valence-corrected chi connectivity index (χ2v) is 5.91. The smallest absolute Gasteiger partial charge is 0.122 e. The van der Waals surface area contributed by atoms with Crippen LogP contribution in [0.5, 0.6) is 5.75 Å². The van der Waals surface area contributed by atoms with E-state index in [-0.39, 0.29) is 0 Å². The molecule has 120 valence electrons. The predicted octanol–water partition coefficient (Wildman–Crippen LogP) is 2.31. The number of hydrogen-bond acceptors (Lipinski definition) is 4. The van der Waals surface area contributed by atoms with Gasteiger partial charge >= 0.3 is 0 Å². The molecule has 0 aliphatic heterocycles. The van der Waals surface area contributed by atoms with Crippen LogP contribution in [0.2, 0.25) is 0 Å². The number of aryl methyl sites for hydroxylation is 2. The quantitative estimate of drug-likeness (QED) is 0.650. The largest absolute Gasteiger partial charge is 0.491 e. The van der Waals surface area contributed by atoms with E-state index in [1.54, 1.807) is 0 Å². The summed E-state index contributed by atoms with van der Waals surface area (Å²) in [4.78, 5) is 0. The van der Waals surface area contributed by atoms with Crippen molar-refractivity contribution in [2.75, 3.05) is 32.9 Å². The number of aliphatic hydroxyl groups is 1. The van der Waals surface area contributed by atoms with Crippen molar-refractivity contribution in [3.05, 3.63) is 29.3 Å². The summed E-state index contributed by atoms with van der Waals surface area (Å²) in [5, 5.41) is 13.0. The average Bonchev–Trinajstić information content (AvgIpc) is 2.41. The Morgan fingerprint density at radius 1 is 1.19 bits per heavy atom. The third-order valence-electron chi connectivity index (χ3n) is 3.02. The molecule has 0 saturated heterocycles. The average molecular weight is 295 g/mol. The van der Waals surface area contributed by atoms with E-state index in [0.29, 0.717) is 25.7 Å². The van der Waals surface area contributed by atoms with Gasteiger partial charge in [0.05, 0.1) is 6.61 Å². The van der Waals surface area contributed by atoms with Crippen LogP contribution < -0.4 is 10.1 Å². The van der Waals surface area contributed by atoms with Gasteiger partial charge in [0.1, 0.15) is 18.5 Å². The lowest BCUT2D eigenvalue weighted by atomic mass is 10.1. The number of aliphatic hydroxyl groups excluding tert-OH is 1. The third kappa shape index (κ3) is 8.05. The molecule has 0 aliphatic rings. The van der Waals surface area contributed by atoms with Gasteiger partial charge in [0.2, 0.25) is 0 Å². The Labute approximate surface area is 128 Å². The molecule has 0 bridgehead atoms. The Morgan fingerprint density at radius 3 is 2.62 bits per heavy atom. The maximum absolute atomic E-state index is 9.87. The summed E-state index contributed by atoms with van der Waals surface area (Å²) in [6, 6.07) is 6.04. The molecule has 0 spiro atoms. The van der Waals surface area contributed by atoms with Gasteiger partial charge in [-0.15, -0.1) is 0 Å². The lowest BCUT2D eigenvalue weighted by Crippen LogP contribution is -2.33. The van der Waals surface area contributed by atoms with Gasteiger partial charge in [0.15, 0.2) is 0 Å². The molecule has 1 aromatic carbocycles. The van der Waals surface area contributed by atoms with Crippen LogP contribution in [-0.4, -0.2) is 44.1 Å². The highest BCUT2D eigenvalue weighted by molar-refractivity contribution is 5.35. The second-order valence-electron chi connectivity index (χ2n) is 5.91. The van der Waals surface area contributed by atoms with E-state index in [0.717, 1.165) is 24.5 Å². The molecule has 0 saturated carbocycles. The molecule has 1 aromatic rings. The summed E-state index contributed by atoms with van der Waals surface area (Å²) < 4.78 is 11.1. The van der Waals surface area contributed by atoms with Crippen LogP contribution in [0.3, 0.4) is 0 Å². The van der Waals surface area contributed by atoms with Gasteiger partial charge in [-0.2, -0.15) is 0 Å². The van der Waals surface area contributed by atoms with E-state index in [9.17, 15) is 5.11 Å². The third-order valence-corrected chi connectivity index (χ3v) is 3.02. The molecule has 1 unspecified atom stereocenters. The van der Waals surface area contributed by atoms with E-state index >= 15 is 0 Å². The zero-order chi connectivity index (χ0) is 15.7. The van der Waals surface area contributed by atoms with Crippen LogP contribution >= 0.6 is 0 Å². The number of rotatable bonds is 10. The van der Waals surface area contributed by atoms with Gasteiger partial charge in [-0.05, 0) is 31.4 Å². The minimum Gasteiger partial charge on any atom is -0.491 e. The zero-order valence-corrected chi connectivity index (χ0v) is 13.7. The summed E-state index contributed by atoms with van der Waals surface area (Å²) >= 11 is 0. The van der Waals surface area contributed by atoms with E-state index in [2.05, 4.69) is 32.2 Å². The van der Waals surface area contributed by atoms with Crippen LogP contribution in [0.25, 0.3) is 0 Å². The highest BCUT2D eigenvalue weighted by Gasteiger charge is 2.06. The van der Waals surface area contributed by atoms with Gasteiger partial charge in [-0.3, -0.25) is 0 Å². The van der Waals surface area contributed by atoms with E-state index < -0.39 is 6.10 Å². The number of benzene rings is 1. The van der Waals surface area contributed by atoms with Crippen molar-refractivity contribution in [3.8, 4) is 5.75 Å². The van der Waals surface area contributed by atoms with Crippen molar-refractivity contribution < 1.29 is 14.6 Å². The Kier molecular flexibility index (Phi) is 8.35. The van der Waals surface area contributed by atoms with Crippen molar-refractivity contribution in [1.82, 2.24) is 5.32 Å². The Balaban J connectivity index is 2.12. The van der Waals surface area contributed by atoms with E-state index in [1.165, 1.54) is 5.56 Å². The van der Waals surface area contributed by atoms with Gasteiger partial charge < -0.3 is 19.9 Å². The molecule has 1 atom stereocenters. The highest BCUT2D eigenvalue weighted by atomic mass is 16.5. The van der Waals surface area contributed by atoms with Crippen molar-refractivity contribution in [1.29, 1.82) is 0 Å². The molecular formula is C17H29NO3. The molecule has 21 heavy (non-hydrogen) atoms. The van der Waals surface area contributed by atoms with E-state index in [4.69, 9.17) is 9.47 Å². The minimum absolute atomic E-state index is 0.295. The fourth-order valence-electron chi connectivity index (χ4n) is 1.94. The molecule has 4 heteroatoms. The molecule has 0 radical (unpaired) electrons. The van der Waals surface area contributed by atoms with Crippen molar-refractivity contribution >= 4 is 0 Å². The molecule has 0 amide bonds. The van der Waals surface area contributed by atoms with Crippen LogP contribution in [0.15, 0.2) is 18.2 Å². The predicted molar refractivity (Wildman–Crippen MR) is 85.9 cm³/mol. The molecule has 0 fully saturated rings. The lowest BCUT2D eigenvalue weighted by Gasteiger charge is -2.15. The monoisotopic (exact) mass is 295 g/mol. The maximum Gasteiger partial charge on any atom is 0.122 e. The molecular weight excluding hydrogens is 266 g/mol. The fraction of sp³-hybridized carbons (Fsp3) is 0.647. The summed E-state index contributed by atoms with van der Waals surface area (Å²) in [6.45, 7) is 11.3. The molecule has 0 heterocycles. The van der Waals surface area contributed by atoms with Crippen LogP contribution in [0.4, 0.5) is 0 Å². The summed E-state index contributed by atoms with van der Waals surface area (Å²) in [5.74, 6) is 1.39. The SMILES string of the molecule is Cc1ccc(OCC(O)CNCCOCC(C)C)c(C)c1. The van der Waals surface area contributed by atoms with Gasteiger partial charge in [-0.1, -0.05) is 31.5 Å². The normalized spacial score (nSPS) is 12.7. The summed E-state index contributed by atoms with van der Waals surface area (Å²) in [5.41, 5.74) is 2.31. The van der Waals surface area contributed by atoms with Gasteiger partial charge in [-0.25, -0.2) is 0 Å². The molecule has 0 aliphatic carbocycles. The molecule has 1 rings (SSSR count). The summed E-state index contributed by atoms with van der Waals surface area (Å²) in [6.07, 6.45) is -0.518. The first-order chi connectivity index (χ1) is 9.99. The standard InChI is InChI=1S/C17H29NO3/c1-13(2)11-20-8-7-18-10-16(19)12-21-17-6-5-14(3)9-15(17)4/h5-6,9,13,16,18-19H,7-8,10-12H2,1-4H3. The van der Waals surface area contributed by atoms with Gasteiger partial charge in [0, 0.05) is 19.7 Å². The Morgan fingerprint density at radius 2 is 1.95 bits per heavy atom. The first kappa shape index (κ1) is 18.0. The van der Waals surface area contributed by atoms with Crippen molar-refractivity contribution in [2.24, 2.45) is 5.92 Å². The highest BCUT2D eigenvalue weighted by Crippen LogP contribution is 2.18. The minimum atomic E-state index is -0.518. The Bertz CT molecular complexity index is 407. The summed E-state index contributed by atoms with van der Waals surface area (Å²) in [7, 11) is 0. The van der Waals surface area contributed by atoms with Crippen LogP contribution in [0.1, 0.15) is 25.0 Å². The first-order valence-corrected chi connectivity index (χ1v) is 7.65. The molecule has 4 nitrogen and oxygen atoms in total. The van der Waals surface area contributed by atoms with Crippen molar-refractivity contribution in [3.63, 3.8) is 0 Å². The fourth-order valence-corrected chi connectivity index (χ4v) is 1.94. The molecule has 0 aromatic heterocycles. The van der Waals surface area contributed by atoms with Crippen LogP contribution in [0, 0.1) is 19.8 Å². The maximum atomic E-state index is 9.87. The topological polar surface area (TPSA) is 50.7 Å². The second kappa shape index (κ2) is 9.77. The lowest BCUT2D eigenvalue weighted by molar-refractivity contribution is 0.0923. The number of ether oxygens (including phenoxy) is 2. The van der Waals surface area contributed by atoms with Gasteiger partial charge in [0.25, 0.3) is 0 Å².